The third-order valence-corrected chi connectivity index (χ3v) is 13.4. The predicted octanol–water partition coefficient (Wildman–Crippen LogP) is 4.40. The Balaban J connectivity index is 1.38. The molecule has 3 fully saturated rings. The second-order valence-corrected chi connectivity index (χ2v) is 16.0. The van der Waals surface area contributed by atoms with Crippen LogP contribution >= 0.6 is 0 Å². The lowest BCUT2D eigenvalue weighted by Crippen LogP contribution is -2.66. The second kappa shape index (κ2) is 10.7. The highest BCUT2D eigenvalue weighted by atomic mass is 28.4. The summed E-state index contributed by atoms with van der Waals surface area (Å²) in [7, 11) is -2.60. The van der Waals surface area contributed by atoms with E-state index in [0.717, 1.165) is 32.1 Å². The minimum Gasteiger partial charge on any atom is -0.407 e. The lowest BCUT2D eigenvalue weighted by Gasteiger charge is -2.43. The van der Waals surface area contributed by atoms with Crippen LogP contribution in [0.1, 0.15) is 59.3 Å². The van der Waals surface area contributed by atoms with Crippen molar-refractivity contribution in [2.24, 2.45) is 5.92 Å². The van der Waals surface area contributed by atoms with Crippen LogP contribution < -0.4 is 10.4 Å². The molecule has 5 nitrogen and oxygen atoms in total. The summed E-state index contributed by atoms with van der Waals surface area (Å²) in [5, 5.41) is 12.3. The maximum Gasteiger partial charge on any atom is 0.261 e. The van der Waals surface area contributed by atoms with E-state index in [0.29, 0.717) is 13.2 Å². The molecule has 0 bridgehead atoms. The van der Waals surface area contributed by atoms with Gasteiger partial charge >= 0.3 is 0 Å². The Kier molecular flexibility index (Phi) is 7.73. The van der Waals surface area contributed by atoms with Crippen molar-refractivity contribution in [2.45, 2.75) is 88.4 Å². The quantitative estimate of drug-likeness (QED) is 0.400. The van der Waals surface area contributed by atoms with Crippen LogP contribution in [-0.2, 0) is 18.6 Å². The number of aliphatic hydroxyl groups excluding tert-OH is 1. The van der Waals surface area contributed by atoms with E-state index in [2.05, 4.69) is 81.4 Å². The Bertz CT molecular complexity index is 930. The molecule has 2 aromatic rings. The van der Waals surface area contributed by atoms with Crippen molar-refractivity contribution in [3.8, 4) is 0 Å². The van der Waals surface area contributed by atoms with Gasteiger partial charge in [0.25, 0.3) is 8.32 Å². The molecule has 1 aliphatic carbocycles. The Morgan fingerprint density at radius 1 is 0.972 bits per heavy atom. The molecule has 0 unspecified atom stereocenters. The number of benzene rings is 2. The van der Waals surface area contributed by atoms with Gasteiger partial charge in [0, 0.05) is 25.4 Å². The fraction of sp³-hybridized carbons (Fsp3) is 0.600. The Labute approximate surface area is 217 Å². The topological polar surface area (TPSA) is 60.5 Å². The molecule has 2 saturated heterocycles. The average Bonchev–Trinajstić information content (AvgIpc) is 3.57. The summed E-state index contributed by atoms with van der Waals surface area (Å²) in [5.74, 6) is -0.273. The largest absolute Gasteiger partial charge is 0.407 e. The fourth-order valence-corrected chi connectivity index (χ4v) is 11.1. The maximum absolute atomic E-state index is 9.75. The van der Waals surface area contributed by atoms with Crippen molar-refractivity contribution in [3.05, 3.63) is 60.7 Å². The van der Waals surface area contributed by atoms with Gasteiger partial charge in [-0.25, -0.2) is 0 Å². The molecule has 5 rings (SSSR count). The number of epoxide rings is 1. The van der Waals surface area contributed by atoms with Crippen LogP contribution in [0.25, 0.3) is 0 Å². The summed E-state index contributed by atoms with van der Waals surface area (Å²) in [6.45, 7) is 8.19. The summed E-state index contributed by atoms with van der Waals surface area (Å²) in [6.07, 6.45) is 6.23. The number of hydrogen-bond acceptors (Lipinski definition) is 5. The van der Waals surface area contributed by atoms with Gasteiger partial charge in [0.2, 0.25) is 0 Å². The van der Waals surface area contributed by atoms with E-state index in [9.17, 15) is 5.11 Å². The standard InChI is InChI=1S/C30H42O5Si/c1-29(2,3)36(23-13-7-4-8-14-23,24-15-9-5-10-16-24)33-20-17-25(28-26(21-31)34-28)27-22-32-30(35-27)18-11-6-12-19-30/h4-5,7-10,13-16,25-28,31H,6,11-12,17-22H2,1-3H3/t25-,26+,27+,28+/m1/s1. The van der Waals surface area contributed by atoms with E-state index in [4.69, 9.17) is 18.6 Å². The average molecular weight is 511 g/mol. The van der Waals surface area contributed by atoms with Crippen LogP contribution in [-0.4, -0.2) is 57.3 Å². The summed E-state index contributed by atoms with van der Waals surface area (Å²) in [5.41, 5.74) is 0. The zero-order chi connectivity index (χ0) is 25.2. The van der Waals surface area contributed by atoms with E-state index in [1.165, 1.54) is 16.8 Å². The van der Waals surface area contributed by atoms with Crippen molar-refractivity contribution < 1.29 is 23.7 Å². The second-order valence-electron chi connectivity index (χ2n) is 11.7. The molecule has 2 aliphatic heterocycles. The van der Waals surface area contributed by atoms with Crippen LogP contribution in [0.5, 0.6) is 0 Å². The fourth-order valence-electron chi connectivity index (χ4n) is 6.49. The zero-order valence-electron chi connectivity index (χ0n) is 22.0. The summed E-state index contributed by atoms with van der Waals surface area (Å²) >= 11 is 0. The minimum absolute atomic E-state index is 0.00472. The minimum atomic E-state index is -2.60. The molecule has 2 aromatic carbocycles. The third kappa shape index (κ3) is 5.09. The molecule has 4 atom stereocenters. The highest BCUT2D eigenvalue weighted by Crippen LogP contribution is 2.44. The molecule has 36 heavy (non-hydrogen) atoms. The van der Waals surface area contributed by atoms with Gasteiger partial charge in [-0.3, -0.25) is 0 Å². The first-order chi connectivity index (χ1) is 17.4. The summed E-state index contributed by atoms with van der Waals surface area (Å²) < 4.78 is 26.0. The number of aliphatic hydroxyl groups is 1. The molecule has 0 aromatic heterocycles. The molecular weight excluding hydrogens is 468 g/mol. The first-order valence-corrected chi connectivity index (χ1v) is 15.6. The Morgan fingerprint density at radius 3 is 2.11 bits per heavy atom. The van der Waals surface area contributed by atoms with Gasteiger partial charge in [-0.1, -0.05) is 87.9 Å². The van der Waals surface area contributed by atoms with Crippen LogP contribution in [0.15, 0.2) is 60.7 Å². The molecule has 6 heteroatoms. The van der Waals surface area contributed by atoms with Crippen molar-refractivity contribution >= 4 is 18.7 Å². The van der Waals surface area contributed by atoms with E-state index in [1.807, 2.05) is 0 Å². The van der Waals surface area contributed by atoms with E-state index in [-0.39, 0.29) is 35.9 Å². The number of ether oxygens (including phenoxy) is 3. The van der Waals surface area contributed by atoms with Gasteiger partial charge in [-0.05, 0) is 34.7 Å². The smallest absolute Gasteiger partial charge is 0.261 e. The van der Waals surface area contributed by atoms with Crippen molar-refractivity contribution in [1.82, 2.24) is 0 Å². The molecule has 1 spiro atoms. The van der Waals surface area contributed by atoms with Gasteiger partial charge in [0.1, 0.15) is 6.10 Å². The highest BCUT2D eigenvalue weighted by Gasteiger charge is 2.54. The zero-order valence-corrected chi connectivity index (χ0v) is 23.0. The number of rotatable bonds is 9. The summed E-state index contributed by atoms with van der Waals surface area (Å²) in [4.78, 5) is 0. The van der Waals surface area contributed by atoms with Gasteiger partial charge in [0.05, 0.1) is 25.4 Å². The van der Waals surface area contributed by atoms with Gasteiger partial charge in [0.15, 0.2) is 5.79 Å². The Morgan fingerprint density at radius 2 is 1.58 bits per heavy atom. The van der Waals surface area contributed by atoms with Crippen LogP contribution in [0, 0.1) is 5.92 Å². The van der Waals surface area contributed by atoms with Crippen molar-refractivity contribution in [3.63, 3.8) is 0 Å². The summed E-state index contributed by atoms with van der Waals surface area (Å²) in [6, 6.07) is 21.6. The van der Waals surface area contributed by atoms with E-state index in [1.54, 1.807) is 0 Å². The van der Waals surface area contributed by atoms with Crippen LogP contribution in [0.2, 0.25) is 5.04 Å². The number of hydrogen-bond donors (Lipinski definition) is 1. The van der Waals surface area contributed by atoms with E-state index < -0.39 is 14.1 Å². The van der Waals surface area contributed by atoms with Crippen molar-refractivity contribution in [1.29, 1.82) is 0 Å². The monoisotopic (exact) mass is 510 g/mol. The maximum atomic E-state index is 9.75. The lowest BCUT2D eigenvalue weighted by atomic mass is 9.92. The van der Waals surface area contributed by atoms with Crippen molar-refractivity contribution in [2.75, 3.05) is 19.8 Å². The molecule has 1 saturated carbocycles. The lowest BCUT2D eigenvalue weighted by molar-refractivity contribution is -0.192. The predicted molar refractivity (Wildman–Crippen MR) is 144 cm³/mol. The van der Waals surface area contributed by atoms with Gasteiger partial charge in [-0.2, -0.15) is 0 Å². The van der Waals surface area contributed by atoms with E-state index >= 15 is 0 Å². The molecule has 0 radical (unpaired) electrons. The molecule has 3 aliphatic rings. The molecular formula is C30H42O5Si. The van der Waals surface area contributed by atoms with Crippen LogP contribution in [0.4, 0.5) is 0 Å². The normalized spacial score (nSPS) is 26.7. The Hall–Kier alpha value is -1.54. The van der Waals surface area contributed by atoms with Gasteiger partial charge < -0.3 is 23.7 Å². The first-order valence-electron chi connectivity index (χ1n) is 13.7. The van der Waals surface area contributed by atoms with Crippen LogP contribution in [0.3, 0.4) is 0 Å². The van der Waals surface area contributed by atoms with Gasteiger partial charge in [-0.15, -0.1) is 0 Å². The highest BCUT2D eigenvalue weighted by molar-refractivity contribution is 6.99. The molecule has 0 amide bonds. The third-order valence-electron chi connectivity index (χ3n) is 8.38. The molecule has 2 heterocycles. The SMILES string of the molecule is CC(C)(C)[Si](OCC[C@@H]([C@@H]1O[C@H]1CO)[C@@H]1COC2(CCCCC2)O1)(c1ccccc1)c1ccccc1. The first kappa shape index (κ1) is 26.1. The molecule has 1 N–H and O–H groups in total. The molecule has 196 valence electrons.